The molecule has 0 saturated heterocycles. The lowest BCUT2D eigenvalue weighted by molar-refractivity contribution is 0.0467. The third-order valence-electron chi connectivity index (χ3n) is 3.41. The van der Waals surface area contributed by atoms with Crippen molar-refractivity contribution in [3.8, 4) is 5.75 Å². The maximum Gasteiger partial charge on any atom is 0.339 e. The Kier molecular flexibility index (Phi) is 5.56. The van der Waals surface area contributed by atoms with Crippen LogP contribution in [0, 0.1) is 5.82 Å². The maximum atomic E-state index is 13.6. The summed E-state index contributed by atoms with van der Waals surface area (Å²) in [6.45, 7) is 1.32. The minimum Gasteiger partial charge on any atom is -0.494 e. The van der Waals surface area contributed by atoms with Crippen molar-refractivity contribution in [3.05, 3.63) is 59.4 Å². The summed E-state index contributed by atoms with van der Waals surface area (Å²) in [5.41, 5.74) is 0.394. The highest BCUT2D eigenvalue weighted by Gasteiger charge is 2.21. The zero-order chi connectivity index (χ0) is 17.7. The number of ether oxygens (including phenoxy) is 2. The van der Waals surface area contributed by atoms with Crippen LogP contribution in [0.2, 0.25) is 0 Å². The minimum atomic E-state index is -3.55. The summed E-state index contributed by atoms with van der Waals surface area (Å²) in [4.78, 5) is 12.1. The van der Waals surface area contributed by atoms with Gasteiger partial charge in [-0.3, -0.25) is 0 Å². The van der Waals surface area contributed by atoms with Crippen molar-refractivity contribution in [2.45, 2.75) is 18.4 Å². The van der Waals surface area contributed by atoms with Gasteiger partial charge in [0.1, 0.15) is 6.61 Å². The van der Waals surface area contributed by atoms with Gasteiger partial charge in [0.2, 0.25) is 0 Å². The predicted octanol–water partition coefficient (Wildman–Crippen LogP) is 2.98. The van der Waals surface area contributed by atoms with E-state index in [1.54, 1.807) is 12.1 Å². The van der Waals surface area contributed by atoms with Gasteiger partial charge in [-0.2, -0.15) is 0 Å². The Morgan fingerprint density at radius 3 is 2.50 bits per heavy atom. The van der Waals surface area contributed by atoms with Crippen LogP contribution in [-0.4, -0.2) is 27.2 Å². The van der Waals surface area contributed by atoms with Crippen LogP contribution in [0.15, 0.2) is 47.4 Å². The average molecular weight is 352 g/mol. The summed E-state index contributed by atoms with van der Waals surface area (Å²) in [5.74, 6) is -1.38. The van der Waals surface area contributed by atoms with Gasteiger partial charge in [-0.1, -0.05) is 25.1 Å². The molecule has 128 valence electrons. The van der Waals surface area contributed by atoms with Crippen LogP contribution in [0.1, 0.15) is 22.8 Å². The van der Waals surface area contributed by atoms with Crippen LogP contribution >= 0.6 is 0 Å². The molecule has 0 amide bonds. The highest BCUT2D eigenvalue weighted by molar-refractivity contribution is 7.91. The molecule has 2 rings (SSSR count). The molecule has 7 heteroatoms. The fourth-order valence-electron chi connectivity index (χ4n) is 2.09. The molecule has 0 heterocycles. The molecule has 0 saturated carbocycles. The third kappa shape index (κ3) is 3.91. The van der Waals surface area contributed by atoms with E-state index >= 15 is 0 Å². The Morgan fingerprint density at radius 2 is 1.88 bits per heavy atom. The number of halogens is 1. The monoisotopic (exact) mass is 352 g/mol. The normalized spacial score (nSPS) is 11.1. The van der Waals surface area contributed by atoms with Crippen molar-refractivity contribution in [2.24, 2.45) is 0 Å². The van der Waals surface area contributed by atoms with E-state index in [9.17, 15) is 17.6 Å². The van der Waals surface area contributed by atoms with Crippen LogP contribution in [0.5, 0.6) is 5.75 Å². The van der Waals surface area contributed by atoms with E-state index in [2.05, 4.69) is 0 Å². The van der Waals surface area contributed by atoms with Gasteiger partial charge >= 0.3 is 5.97 Å². The molecule has 0 aliphatic heterocycles. The third-order valence-corrected chi connectivity index (χ3v) is 5.19. The first-order valence-corrected chi connectivity index (χ1v) is 8.85. The molecular formula is C17H17FO5S. The van der Waals surface area contributed by atoms with Gasteiger partial charge in [0, 0.05) is 0 Å². The number of hydrogen-bond acceptors (Lipinski definition) is 5. The largest absolute Gasteiger partial charge is 0.494 e. The Labute approximate surface area is 139 Å². The second-order valence-corrected chi connectivity index (χ2v) is 7.19. The first kappa shape index (κ1) is 17.9. The molecule has 0 aromatic heterocycles. The number of methoxy groups -OCH3 is 1. The molecule has 0 radical (unpaired) electrons. The zero-order valence-electron chi connectivity index (χ0n) is 13.3. The Bertz CT molecular complexity index is 846. The molecule has 0 aliphatic rings. The van der Waals surface area contributed by atoms with Crippen molar-refractivity contribution in [1.29, 1.82) is 0 Å². The highest BCUT2D eigenvalue weighted by Crippen LogP contribution is 2.20. The van der Waals surface area contributed by atoms with Crippen molar-refractivity contribution < 1.29 is 27.1 Å². The molecule has 24 heavy (non-hydrogen) atoms. The summed E-state index contributed by atoms with van der Waals surface area (Å²) in [6.07, 6.45) is 0. The number of rotatable bonds is 6. The van der Waals surface area contributed by atoms with Crippen LogP contribution in [-0.2, 0) is 21.2 Å². The van der Waals surface area contributed by atoms with Gasteiger partial charge in [0.05, 0.1) is 23.3 Å². The molecule has 0 fully saturated rings. The summed E-state index contributed by atoms with van der Waals surface area (Å²) in [5, 5.41) is 0. The van der Waals surface area contributed by atoms with Crippen LogP contribution in [0.25, 0.3) is 0 Å². The Hall–Kier alpha value is -2.41. The van der Waals surface area contributed by atoms with E-state index in [4.69, 9.17) is 9.47 Å². The average Bonchev–Trinajstić information content (AvgIpc) is 2.59. The van der Waals surface area contributed by atoms with E-state index in [0.29, 0.717) is 5.56 Å². The van der Waals surface area contributed by atoms with Gasteiger partial charge < -0.3 is 9.47 Å². The number of sulfone groups is 1. The highest BCUT2D eigenvalue weighted by atomic mass is 32.2. The van der Waals surface area contributed by atoms with E-state index in [1.165, 1.54) is 44.4 Å². The summed E-state index contributed by atoms with van der Waals surface area (Å²) < 4.78 is 47.6. The van der Waals surface area contributed by atoms with Gasteiger partial charge in [0.25, 0.3) is 0 Å². The lowest BCUT2D eigenvalue weighted by Gasteiger charge is -2.10. The first-order valence-electron chi connectivity index (χ1n) is 7.20. The minimum absolute atomic E-state index is 0.0340. The summed E-state index contributed by atoms with van der Waals surface area (Å²) >= 11 is 0. The second-order valence-electron chi connectivity index (χ2n) is 4.94. The zero-order valence-corrected chi connectivity index (χ0v) is 14.1. The lowest BCUT2D eigenvalue weighted by atomic mass is 10.2. The number of hydrogen-bond donors (Lipinski definition) is 0. The molecule has 5 nitrogen and oxygen atoms in total. The topological polar surface area (TPSA) is 69.7 Å². The van der Waals surface area contributed by atoms with Gasteiger partial charge in [-0.15, -0.1) is 0 Å². The van der Waals surface area contributed by atoms with E-state index < -0.39 is 21.6 Å². The maximum absolute atomic E-state index is 13.6. The van der Waals surface area contributed by atoms with Gasteiger partial charge in [-0.25, -0.2) is 17.6 Å². The Morgan fingerprint density at radius 1 is 1.17 bits per heavy atom. The molecule has 0 unspecified atom stereocenters. The fourth-order valence-corrected chi connectivity index (χ4v) is 3.17. The van der Waals surface area contributed by atoms with Crippen LogP contribution < -0.4 is 4.74 Å². The second kappa shape index (κ2) is 7.44. The number of carbonyl (C=O) groups excluding carboxylic acids is 1. The van der Waals surface area contributed by atoms with Crippen molar-refractivity contribution >= 4 is 15.8 Å². The molecular weight excluding hydrogens is 335 g/mol. The van der Waals surface area contributed by atoms with Crippen molar-refractivity contribution in [2.75, 3.05) is 12.9 Å². The molecule has 2 aromatic carbocycles. The predicted molar refractivity (Wildman–Crippen MR) is 86.2 cm³/mol. The van der Waals surface area contributed by atoms with E-state index in [-0.39, 0.29) is 28.6 Å². The fraction of sp³-hybridized carbons (Fsp3) is 0.235. The molecule has 0 N–H and O–H groups in total. The van der Waals surface area contributed by atoms with Crippen LogP contribution in [0.3, 0.4) is 0 Å². The molecule has 0 bridgehead atoms. The molecule has 2 aromatic rings. The van der Waals surface area contributed by atoms with E-state index in [0.717, 1.165) is 0 Å². The molecule has 0 spiro atoms. The number of carbonyl (C=O) groups is 1. The van der Waals surface area contributed by atoms with Gasteiger partial charge in [-0.05, 0) is 29.8 Å². The SMILES string of the molecule is CCS(=O)(=O)c1ccccc1C(=O)OCc1ccc(OC)c(F)c1. The first-order chi connectivity index (χ1) is 11.4. The van der Waals surface area contributed by atoms with Crippen molar-refractivity contribution in [3.63, 3.8) is 0 Å². The quantitative estimate of drug-likeness (QED) is 0.748. The van der Waals surface area contributed by atoms with Crippen molar-refractivity contribution in [1.82, 2.24) is 0 Å². The molecule has 0 atom stereocenters. The van der Waals surface area contributed by atoms with E-state index in [1.807, 2.05) is 0 Å². The number of benzene rings is 2. The summed E-state index contributed by atoms with van der Waals surface area (Å²) in [7, 11) is -2.20. The smallest absolute Gasteiger partial charge is 0.339 e. The number of esters is 1. The lowest BCUT2D eigenvalue weighted by Crippen LogP contribution is -2.13. The molecule has 0 aliphatic carbocycles. The Balaban J connectivity index is 2.18. The standard InChI is InChI=1S/C17H17FO5S/c1-3-24(20,21)16-7-5-4-6-13(16)17(19)23-11-12-8-9-15(22-2)14(18)10-12/h4-10H,3,11H2,1-2H3. The van der Waals surface area contributed by atoms with Gasteiger partial charge in [0.15, 0.2) is 21.4 Å². The van der Waals surface area contributed by atoms with Crippen LogP contribution in [0.4, 0.5) is 4.39 Å². The summed E-state index contributed by atoms with van der Waals surface area (Å²) in [6, 6.07) is 10.0.